The van der Waals surface area contributed by atoms with E-state index in [-0.39, 0.29) is 12.5 Å². The number of hydroxylamine groups is 2. The molecule has 1 heterocycles. The summed E-state index contributed by atoms with van der Waals surface area (Å²) in [5.74, 6) is -0.110. The Morgan fingerprint density at radius 2 is 2.29 bits per heavy atom. The van der Waals surface area contributed by atoms with E-state index in [4.69, 9.17) is 14.3 Å². The van der Waals surface area contributed by atoms with Crippen LogP contribution >= 0.6 is 0 Å². The monoisotopic (exact) mass is 203 g/mol. The number of methoxy groups -OCH3 is 1. The lowest BCUT2D eigenvalue weighted by Crippen LogP contribution is -2.38. The van der Waals surface area contributed by atoms with Crippen LogP contribution in [0.4, 0.5) is 0 Å². The highest BCUT2D eigenvalue weighted by atomic mass is 16.7. The van der Waals surface area contributed by atoms with E-state index in [2.05, 4.69) is 0 Å². The topological polar surface area (TPSA) is 48.0 Å². The first kappa shape index (κ1) is 11.4. The summed E-state index contributed by atoms with van der Waals surface area (Å²) < 4.78 is 9.88. The third-order valence-corrected chi connectivity index (χ3v) is 1.94. The fraction of sp³-hybridized carbons (Fsp3) is 0.889. The average Bonchev–Trinajstić information content (AvgIpc) is 2.25. The molecule has 14 heavy (non-hydrogen) atoms. The molecule has 0 N–H and O–H groups in total. The Kier molecular flexibility index (Phi) is 5.51. The molecule has 5 nitrogen and oxygen atoms in total. The van der Waals surface area contributed by atoms with Gasteiger partial charge in [0.05, 0.1) is 19.8 Å². The lowest BCUT2D eigenvalue weighted by molar-refractivity contribution is -0.201. The quantitative estimate of drug-likeness (QED) is 0.599. The number of carbonyl (C=O) groups is 1. The van der Waals surface area contributed by atoms with Crippen LogP contribution in [-0.2, 0) is 19.1 Å². The number of hydrogen-bond donors (Lipinski definition) is 0. The molecule has 1 rings (SSSR count). The molecule has 5 heteroatoms. The number of carbonyl (C=O) groups excluding carboxylic acids is 1. The van der Waals surface area contributed by atoms with Gasteiger partial charge in [-0.15, -0.1) is 0 Å². The molecule has 0 spiro atoms. The normalized spacial score (nSPS) is 17.1. The second-order valence-corrected chi connectivity index (χ2v) is 3.08. The van der Waals surface area contributed by atoms with Gasteiger partial charge in [-0.3, -0.25) is 9.63 Å². The third-order valence-electron chi connectivity index (χ3n) is 1.94. The zero-order valence-corrected chi connectivity index (χ0v) is 8.53. The van der Waals surface area contributed by atoms with Gasteiger partial charge in [-0.05, 0) is 12.8 Å². The molecule has 0 aliphatic carbocycles. The van der Waals surface area contributed by atoms with Crippen LogP contribution in [0.1, 0.15) is 12.8 Å². The van der Waals surface area contributed by atoms with Crippen molar-refractivity contribution in [2.45, 2.75) is 12.8 Å². The summed E-state index contributed by atoms with van der Waals surface area (Å²) in [4.78, 5) is 16.6. The van der Waals surface area contributed by atoms with Crippen LogP contribution in [-0.4, -0.2) is 51.1 Å². The van der Waals surface area contributed by atoms with Crippen molar-refractivity contribution in [1.82, 2.24) is 5.06 Å². The van der Waals surface area contributed by atoms with E-state index in [1.54, 1.807) is 7.11 Å². The van der Waals surface area contributed by atoms with E-state index in [0.29, 0.717) is 26.4 Å². The minimum absolute atomic E-state index is 0.0728. The summed E-state index contributed by atoms with van der Waals surface area (Å²) in [5, 5.41) is 1.39. The van der Waals surface area contributed by atoms with Crippen LogP contribution in [0.15, 0.2) is 0 Å². The zero-order valence-electron chi connectivity index (χ0n) is 8.53. The Balaban J connectivity index is 2.07. The van der Waals surface area contributed by atoms with Crippen LogP contribution in [0.25, 0.3) is 0 Å². The van der Waals surface area contributed by atoms with Gasteiger partial charge in [-0.2, -0.15) is 0 Å². The fourth-order valence-corrected chi connectivity index (χ4v) is 1.17. The second kappa shape index (κ2) is 6.75. The summed E-state index contributed by atoms with van der Waals surface area (Å²) in [6, 6.07) is 0. The Bertz CT molecular complexity index is 168. The van der Waals surface area contributed by atoms with E-state index in [0.717, 1.165) is 12.8 Å². The molecule has 1 saturated heterocycles. The molecule has 0 atom stereocenters. The molecule has 1 fully saturated rings. The highest BCUT2D eigenvalue weighted by molar-refractivity contribution is 5.76. The van der Waals surface area contributed by atoms with E-state index in [1.165, 1.54) is 5.06 Å². The summed E-state index contributed by atoms with van der Waals surface area (Å²) in [5.41, 5.74) is 0. The van der Waals surface area contributed by atoms with Gasteiger partial charge in [0.25, 0.3) is 5.91 Å². The predicted octanol–water partition coefficient (Wildman–Crippen LogP) is 0.203. The van der Waals surface area contributed by atoms with Crippen LogP contribution in [0.3, 0.4) is 0 Å². The standard InChI is InChI=1S/C9H17NO4/c1-12-6-7-13-8-9(11)10-4-2-3-5-14-10/h2-8H2,1H3. The largest absolute Gasteiger partial charge is 0.382 e. The summed E-state index contributed by atoms with van der Waals surface area (Å²) >= 11 is 0. The fourth-order valence-electron chi connectivity index (χ4n) is 1.17. The first-order chi connectivity index (χ1) is 6.84. The smallest absolute Gasteiger partial charge is 0.272 e. The highest BCUT2D eigenvalue weighted by Gasteiger charge is 2.17. The Labute approximate surface area is 83.9 Å². The van der Waals surface area contributed by atoms with Gasteiger partial charge in [-0.1, -0.05) is 0 Å². The van der Waals surface area contributed by atoms with E-state index in [9.17, 15) is 4.79 Å². The molecule has 0 aromatic heterocycles. The van der Waals surface area contributed by atoms with Crippen molar-refractivity contribution in [3.8, 4) is 0 Å². The molecule has 0 saturated carbocycles. The Hall–Kier alpha value is -0.650. The van der Waals surface area contributed by atoms with Crippen LogP contribution < -0.4 is 0 Å². The van der Waals surface area contributed by atoms with Gasteiger partial charge in [0.2, 0.25) is 0 Å². The number of ether oxygens (including phenoxy) is 2. The van der Waals surface area contributed by atoms with Gasteiger partial charge in [0, 0.05) is 13.7 Å². The Morgan fingerprint density at radius 3 is 2.93 bits per heavy atom. The van der Waals surface area contributed by atoms with Crippen LogP contribution in [0, 0.1) is 0 Å². The summed E-state index contributed by atoms with van der Waals surface area (Å²) in [6.45, 7) is 2.32. The van der Waals surface area contributed by atoms with Gasteiger partial charge in [-0.25, -0.2) is 5.06 Å². The second-order valence-electron chi connectivity index (χ2n) is 3.08. The maximum Gasteiger partial charge on any atom is 0.272 e. The molecule has 0 bridgehead atoms. The van der Waals surface area contributed by atoms with Crippen molar-refractivity contribution < 1.29 is 19.1 Å². The van der Waals surface area contributed by atoms with E-state index < -0.39 is 0 Å². The first-order valence-corrected chi connectivity index (χ1v) is 4.84. The molecular weight excluding hydrogens is 186 g/mol. The summed E-state index contributed by atoms with van der Waals surface area (Å²) in [6.07, 6.45) is 2.03. The maximum absolute atomic E-state index is 11.4. The van der Waals surface area contributed by atoms with Gasteiger partial charge < -0.3 is 9.47 Å². The minimum atomic E-state index is -0.110. The van der Waals surface area contributed by atoms with Crippen molar-refractivity contribution in [1.29, 1.82) is 0 Å². The summed E-state index contributed by atoms with van der Waals surface area (Å²) in [7, 11) is 1.60. The zero-order chi connectivity index (χ0) is 10.2. The highest BCUT2D eigenvalue weighted by Crippen LogP contribution is 2.05. The maximum atomic E-state index is 11.4. The van der Waals surface area contributed by atoms with Crippen molar-refractivity contribution in [3.63, 3.8) is 0 Å². The molecule has 0 unspecified atom stereocenters. The van der Waals surface area contributed by atoms with Crippen molar-refractivity contribution in [2.24, 2.45) is 0 Å². The number of nitrogens with zero attached hydrogens (tertiary/aromatic N) is 1. The average molecular weight is 203 g/mol. The number of hydrogen-bond acceptors (Lipinski definition) is 4. The van der Waals surface area contributed by atoms with Crippen molar-refractivity contribution in [3.05, 3.63) is 0 Å². The van der Waals surface area contributed by atoms with E-state index in [1.807, 2.05) is 0 Å². The van der Waals surface area contributed by atoms with Gasteiger partial charge in [0.15, 0.2) is 0 Å². The third kappa shape index (κ3) is 4.04. The van der Waals surface area contributed by atoms with E-state index >= 15 is 0 Å². The molecule has 0 radical (unpaired) electrons. The number of amides is 1. The molecule has 0 aromatic rings. The molecule has 82 valence electrons. The van der Waals surface area contributed by atoms with Gasteiger partial charge in [0.1, 0.15) is 6.61 Å². The van der Waals surface area contributed by atoms with Gasteiger partial charge >= 0.3 is 0 Å². The SMILES string of the molecule is COCCOCC(=O)N1CCCCO1. The molecule has 0 aromatic carbocycles. The first-order valence-electron chi connectivity index (χ1n) is 4.84. The number of rotatable bonds is 5. The lowest BCUT2D eigenvalue weighted by atomic mass is 10.3. The molecular formula is C9H17NO4. The Morgan fingerprint density at radius 1 is 1.43 bits per heavy atom. The van der Waals surface area contributed by atoms with Crippen LogP contribution in [0.2, 0.25) is 0 Å². The minimum Gasteiger partial charge on any atom is -0.382 e. The lowest BCUT2D eigenvalue weighted by Gasteiger charge is -2.25. The molecule has 1 aliphatic rings. The van der Waals surface area contributed by atoms with Crippen LogP contribution in [0.5, 0.6) is 0 Å². The predicted molar refractivity (Wildman–Crippen MR) is 49.6 cm³/mol. The molecule has 1 aliphatic heterocycles. The van der Waals surface area contributed by atoms with Crippen molar-refractivity contribution in [2.75, 3.05) is 40.1 Å². The van der Waals surface area contributed by atoms with Crippen molar-refractivity contribution >= 4 is 5.91 Å². The molecule has 1 amide bonds.